The van der Waals surface area contributed by atoms with Gasteiger partial charge in [-0.3, -0.25) is 9.78 Å². The van der Waals surface area contributed by atoms with Crippen molar-refractivity contribution in [3.8, 4) is 0 Å². The Balaban J connectivity index is 1.80. The summed E-state index contributed by atoms with van der Waals surface area (Å²) in [6.07, 6.45) is 3.81. The van der Waals surface area contributed by atoms with E-state index in [4.69, 9.17) is 4.52 Å². The van der Waals surface area contributed by atoms with Crippen LogP contribution >= 0.6 is 0 Å². The SMILES string of the molecule is Cc1cccnc1C(F)(F)C(=O)N1CCCC(c2ncon2)C1. The fourth-order valence-electron chi connectivity index (χ4n) is 2.85. The highest BCUT2D eigenvalue weighted by molar-refractivity contribution is 5.84. The van der Waals surface area contributed by atoms with Crippen LogP contribution in [0, 0.1) is 6.92 Å². The molecule has 0 spiro atoms. The Morgan fingerprint density at radius 2 is 2.26 bits per heavy atom. The lowest BCUT2D eigenvalue weighted by Crippen LogP contribution is -2.47. The molecule has 1 fully saturated rings. The Bertz CT molecular complexity index is 691. The van der Waals surface area contributed by atoms with E-state index in [0.717, 1.165) is 6.42 Å². The van der Waals surface area contributed by atoms with Gasteiger partial charge < -0.3 is 9.42 Å². The number of likely N-dealkylation sites (tertiary alicyclic amines) is 1. The normalized spacial score (nSPS) is 18.9. The second-order valence-corrected chi connectivity index (χ2v) is 5.62. The van der Waals surface area contributed by atoms with E-state index >= 15 is 0 Å². The molecular formula is C15H16F2N4O2. The molecule has 1 unspecified atom stereocenters. The lowest BCUT2D eigenvalue weighted by atomic mass is 9.96. The number of alkyl halides is 2. The van der Waals surface area contributed by atoms with Crippen LogP contribution in [0.25, 0.3) is 0 Å². The lowest BCUT2D eigenvalue weighted by molar-refractivity contribution is -0.161. The maximum absolute atomic E-state index is 14.6. The standard InChI is InChI=1S/C15H16F2N4O2/c1-10-4-2-6-18-12(10)15(16,17)14(22)21-7-3-5-11(8-21)13-19-9-23-20-13/h2,4,6,9,11H,3,5,7-8H2,1H3. The number of halogens is 2. The third kappa shape index (κ3) is 2.93. The molecular weight excluding hydrogens is 306 g/mol. The van der Waals surface area contributed by atoms with E-state index in [1.165, 1.54) is 30.5 Å². The van der Waals surface area contributed by atoms with E-state index in [0.29, 0.717) is 12.2 Å². The Labute approximate surface area is 131 Å². The molecule has 0 saturated carbocycles. The van der Waals surface area contributed by atoms with E-state index in [9.17, 15) is 13.6 Å². The average molecular weight is 322 g/mol. The molecule has 3 rings (SSSR count). The van der Waals surface area contributed by atoms with Crippen LogP contribution in [0.2, 0.25) is 0 Å². The molecule has 1 aliphatic heterocycles. The zero-order valence-corrected chi connectivity index (χ0v) is 12.6. The number of amides is 1. The fourth-order valence-corrected chi connectivity index (χ4v) is 2.85. The van der Waals surface area contributed by atoms with E-state index in [1.54, 1.807) is 6.07 Å². The van der Waals surface area contributed by atoms with E-state index in [-0.39, 0.29) is 24.6 Å². The van der Waals surface area contributed by atoms with E-state index in [2.05, 4.69) is 15.1 Å². The van der Waals surface area contributed by atoms with Crippen LogP contribution in [0.15, 0.2) is 29.2 Å². The van der Waals surface area contributed by atoms with Crippen LogP contribution in [0.3, 0.4) is 0 Å². The molecule has 2 aromatic heterocycles. The van der Waals surface area contributed by atoms with Crippen molar-refractivity contribution >= 4 is 5.91 Å². The quantitative estimate of drug-likeness (QED) is 0.867. The Kier molecular flexibility index (Phi) is 4.06. The first-order chi connectivity index (χ1) is 11.0. The largest absolute Gasteiger partial charge is 0.366 e. The molecule has 0 N–H and O–H groups in total. The minimum Gasteiger partial charge on any atom is -0.343 e. The van der Waals surface area contributed by atoms with Crippen molar-refractivity contribution in [2.24, 2.45) is 0 Å². The molecule has 1 atom stereocenters. The topological polar surface area (TPSA) is 72.1 Å². The third-order valence-electron chi connectivity index (χ3n) is 4.03. The summed E-state index contributed by atoms with van der Waals surface area (Å²) in [5.41, 5.74) is -0.204. The first-order valence-electron chi connectivity index (χ1n) is 7.35. The van der Waals surface area contributed by atoms with Crippen molar-refractivity contribution in [2.75, 3.05) is 13.1 Å². The van der Waals surface area contributed by atoms with Gasteiger partial charge in [0.15, 0.2) is 5.82 Å². The minimum absolute atomic E-state index is 0.153. The first-order valence-corrected chi connectivity index (χ1v) is 7.35. The molecule has 6 nitrogen and oxygen atoms in total. The summed E-state index contributed by atoms with van der Waals surface area (Å²) < 4.78 is 33.8. The number of carbonyl (C=O) groups excluding carboxylic acids is 1. The van der Waals surface area contributed by atoms with Crippen molar-refractivity contribution in [3.63, 3.8) is 0 Å². The molecule has 1 saturated heterocycles. The molecule has 3 heterocycles. The maximum atomic E-state index is 14.6. The first kappa shape index (κ1) is 15.5. The summed E-state index contributed by atoms with van der Waals surface area (Å²) in [5.74, 6) is -4.62. The van der Waals surface area contributed by atoms with E-state index in [1.807, 2.05) is 0 Å². The van der Waals surface area contributed by atoms with Crippen molar-refractivity contribution in [1.82, 2.24) is 20.0 Å². The van der Waals surface area contributed by atoms with Gasteiger partial charge in [0.2, 0.25) is 6.39 Å². The highest BCUT2D eigenvalue weighted by atomic mass is 19.3. The highest BCUT2D eigenvalue weighted by Gasteiger charge is 2.47. The van der Waals surface area contributed by atoms with Gasteiger partial charge in [-0.25, -0.2) is 0 Å². The molecule has 0 aliphatic carbocycles. The van der Waals surface area contributed by atoms with Crippen molar-refractivity contribution in [2.45, 2.75) is 31.6 Å². The minimum atomic E-state index is -3.65. The lowest BCUT2D eigenvalue weighted by Gasteiger charge is -2.33. The van der Waals surface area contributed by atoms with Crippen LogP contribution in [0.1, 0.15) is 35.8 Å². The predicted octanol–water partition coefficient (Wildman–Crippen LogP) is 2.27. The number of hydrogen-bond donors (Lipinski definition) is 0. The number of aromatic nitrogens is 3. The molecule has 0 radical (unpaired) electrons. The van der Waals surface area contributed by atoms with Crippen LogP contribution in [0.5, 0.6) is 0 Å². The van der Waals surface area contributed by atoms with Crippen LogP contribution in [-0.4, -0.2) is 39.0 Å². The van der Waals surface area contributed by atoms with Gasteiger partial charge in [-0.15, -0.1) is 0 Å². The van der Waals surface area contributed by atoms with Gasteiger partial charge in [0.25, 0.3) is 5.91 Å². The Morgan fingerprint density at radius 1 is 1.43 bits per heavy atom. The van der Waals surface area contributed by atoms with Crippen LogP contribution in [-0.2, 0) is 10.7 Å². The highest BCUT2D eigenvalue weighted by Crippen LogP contribution is 2.33. The molecule has 23 heavy (non-hydrogen) atoms. The van der Waals surface area contributed by atoms with Gasteiger partial charge >= 0.3 is 5.92 Å². The Hall–Kier alpha value is -2.38. The average Bonchev–Trinajstić information content (AvgIpc) is 3.09. The van der Waals surface area contributed by atoms with Gasteiger partial charge in [-0.1, -0.05) is 11.2 Å². The number of carbonyl (C=O) groups is 1. The Morgan fingerprint density at radius 3 is 2.96 bits per heavy atom. The van der Waals surface area contributed by atoms with Gasteiger partial charge in [0.05, 0.1) is 0 Å². The van der Waals surface area contributed by atoms with Crippen molar-refractivity contribution in [1.29, 1.82) is 0 Å². The second-order valence-electron chi connectivity index (χ2n) is 5.62. The summed E-state index contributed by atoms with van der Waals surface area (Å²) in [7, 11) is 0. The summed E-state index contributed by atoms with van der Waals surface area (Å²) in [6, 6.07) is 3.08. The van der Waals surface area contributed by atoms with Crippen LogP contribution < -0.4 is 0 Å². The number of nitrogens with zero attached hydrogens (tertiary/aromatic N) is 4. The molecule has 2 aromatic rings. The predicted molar refractivity (Wildman–Crippen MR) is 75.7 cm³/mol. The van der Waals surface area contributed by atoms with Crippen LogP contribution in [0.4, 0.5) is 8.78 Å². The van der Waals surface area contributed by atoms with Gasteiger partial charge in [-0.2, -0.15) is 13.8 Å². The molecule has 1 aliphatic rings. The summed E-state index contributed by atoms with van der Waals surface area (Å²) in [6.45, 7) is 1.95. The molecule has 8 heteroatoms. The third-order valence-corrected chi connectivity index (χ3v) is 4.03. The molecule has 0 aromatic carbocycles. The number of pyridine rings is 1. The van der Waals surface area contributed by atoms with E-state index < -0.39 is 17.5 Å². The van der Waals surface area contributed by atoms with Crippen molar-refractivity contribution in [3.05, 3.63) is 41.8 Å². The van der Waals surface area contributed by atoms with Crippen molar-refractivity contribution < 1.29 is 18.1 Å². The molecule has 122 valence electrons. The van der Waals surface area contributed by atoms with Gasteiger partial charge in [0.1, 0.15) is 5.69 Å². The fraction of sp³-hybridized carbons (Fsp3) is 0.467. The number of aryl methyl sites for hydroxylation is 1. The summed E-state index contributed by atoms with van der Waals surface area (Å²) in [4.78, 5) is 21.2. The number of piperidine rings is 1. The van der Waals surface area contributed by atoms with Gasteiger partial charge in [-0.05, 0) is 31.4 Å². The maximum Gasteiger partial charge on any atom is 0.366 e. The monoisotopic (exact) mass is 322 g/mol. The summed E-state index contributed by atoms with van der Waals surface area (Å²) >= 11 is 0. The second kappa shape index (κ2) is 6.02. The number of hydrogen-bond acceptors (Lipinski definition) is 5. The summed E-state index contributed by atoms with van der Waals surface area (Å²) in [5, 5.41) is 3.74. The zero-order valence-electron chi connectivity index (χ0n) is 12.6. The molecule has 1 amide bonds. The van der Waals surface area contributed by atoms with Gasteiger partial charge in [0, 0.05) is 25.2 Å². The molecule has 0 bridgehead atoms. The number of rotatable bonds is 3. The zero-order chi connectivity index (χ0) is 16.4. The smallest absolute Gasteiger partial charge is 0.343 e.